The van der Waals surface area contributed by atoms with Crippen molar-refractivity contribution in [2.75, 3.05) is 13.7 Å². The standard InChI is InChI=1S/C17H17NO5S2/c1-4-7-18-15(19)14(25-17(18)24)9-11-5-6-12(13(8-11)22-3)23-10(2)16(20)21/h4-6,8-10H,1,7H2,2-3H3,(H,20,21)/b14-9-/t10-/m1/s1. The van der Waals surface area contributed by atoms with Gasteiger partial charge in [-0.25, -0.2) is 4.79 Å². The fourth-order valence-electron chi connectivity index (χ4n) is 2.05. The molecular weight excluding hydrogens is 362 g/mol. The monoisotopic (exact) mass is 379 g/mol. The molecule has 25 heavy (non-hydrogen) atoms. The van der Waals surface area contributed by atoms with Crippen molar-refractivity contribution in [3.8, 4) is 11.5 Å². The lowest BCUT2D eigenvalue weighted by atomic mass is 10.2. The van der Waals surface area contributed by atoms with Gasteiger partial charge in [0.2, 0.25) is 0 Å². The van der Waals surface area contributed by atoms with E-state index in [0.717, 1.165) is 0 Å². The lowest BCUT2D eigenvalue weighted by Gasteiger charge is -2.14. The van der Waals surface area contributed by atoms with Crippen LogP contribution in [0, 0.1) is 0 Å². The van der Waals surface area contributed by atoms with Crippen LogP contribution in [0.4, 0.5) is 0 Å². The molecule has 1 amide bonds. The summed E-state index contributed by atoms with van der Waals surface area (Å²) < 4.78 is 11.1. The van der Waals surface area contributed by atoms with Gasteiger partial charge in [0.25, 0.3) is 5.91 Å². The van der Waals surface area contributed by atoms with Gasteiger partial charge in [-0.3, -0.25) is 9.69 Å². The van der Waals surface area contributed by atoms with Crippen LogP contribution in [0.25, 0.3) is 6.08 Å². The molecule has 1 saturated heterocycles. The Labute approximate surface area is 155 Å². The number of benzene rings is 1. The summed E-state index contributed by atoms with van der Waals surface area (Å²) >= 11 is 6.42. The predicted molar refractivity (Wildman–Crippen MR) is 101 cm³/mol. The van der Waals surface area contributed by atoms with Crippen molar-refractivity contribution in [3.63, 3.8) is 0 Å². The second kappa shape index (κ2) is 8.17. The zero-order valence-electron chi connectivity index (χ0n) is 13.7. The lowest BCUT2D eigenvalue weighted by Crippen LogP contribution is -2.27. The van der Waals surface area contributed by atoms with Gasteiger partial charge < -0.3 is 14.6 Å². The highest BCUT2D eigenvalue weighted by Crippen LogP contribution is 2.34. The molecule has 1 atom stereocenters. The molecule has 0 radical (unpaired) electrons. The van der Waals surface area contributed by atoms with Gasteiger partial charge in [0.1, 0.15) is 4.32 Å². The third-order valence-corrected chi connectivity index (χ3v) is 4.70. The second-order valence-corrected chi connectivity index (χ2v) is 6.77. The maximum atomic E-state index is 12.3. The molecule has 1 fully saturated rings. The van der Waals surface area contributed by atoms with Gasteiger partial charge >= 0.3 is 5.97 Å². The molecule has 6 nitrogen and oxygen atoms in total. The molecule has 0 aromatic heterocycles. The highest BCUT2D eigenvalue weighted by Gasteiger charge is 2.31. The van der Waals surface area contributed by atoms with Crippen LogP contribution in [-0.4, -0.2) is 46.0 Å². The molecule has 1 aromatic rings. The topological polar surface area (TPSA) is 76.1 Å². The third kappa shape index (κ3) is 4.40. The van der Waals surface area contributed by atoms with Crippen LogP contribution in [0.1, 0.15) is 12.5 Å². The number of nitrogens with zero attached hydrogens (tertiary/aromatic N) is 1. The van der Waals surface area contributed by atoms with Gasteiger partial charge in [0, 0.05) is 6.54 Å². The normalized spacial score (nSPS) is 16.9. The van der Waals surface area contributed by atoms with Crippen LogP contribution in [0.2, 0.25) is 0 Å². The number of carboxylic acids is 1. The number of carbonyl (C=O) groups excluding carboxylic acids is 1. The molecule has 1 aliphatic heterocycles. The minimum atomic E-state index is -1.07. The van der Waals surface area contributed by atoms with Crippen LogP contribution >= 0.6 is 24.0 Å². The van der Waals surface area contributed by atoms with Crippen molar-refractivity contribution in [2.45, 2.75) is 13.0 Å². The number of methoxy groups -OCH3 is 1. The first-order chi connectivity index (χ1) is 11.9. The summed E-state index contributed by atoms with van der Waals surface area (Å²) in [5, 5.41) is 8.93. The number of ether oxygens (including phenoxy) is 2. The van der Waals surface area contributed by atoms with E-state index in [2.05, 4.69) is 6.58 Å². The number of amides is 1. The summed E-state index contributed by atoms with van der Waals surface area (Å²) in [6, 6.07) is 4.99. The number of thioether (sulfide) groups is 1. The smallest absolute Gasteiger partial charge is 0.344 e. The zero-order chi connectivity index (χ0) is 18.6. The number of hydrogen-bond acceptors (Lipinski definition) is 6. The van der Waals surface area contributed by atoms with Crippen LogP contribution in [0.15, 0.2) is 35.8 Å². The molecule has 0 saturated carbocycles. The Hall–Kier alpha value is -2.32. The van der Waals surface area contributed by atoms with Crippen molar-refractivity contribution in [2.24, 2.45) is 0 Å². The zero-order valence-corrected chi connectivity index (χ0v) is 15.4. The average molecular weight is 379 g/mol. The SMILES string of the molecule is C=CCN1C(=O)/C(=C/c2ccc(O[C@H](C)C(=O)O)c(OC)c2)SC1=S. The van der Waals surface area contributed by atoms with Crippen molar-refractivity contribution < 1.29 is 24.2 Å². The number of carbonyl (C=O) groups is 2. The Balaban J connectivity index is 2.26. The van der Waals surface area contributed by atoms with Gasteiger partial charge in [-0.05, 0) is 30.7 Å². The molecule has 0 bridgehead atoms. The summed E-state index contributed by atoms with van der Waals surface area (Å²) in [5.74, 6) is -0.553. The summed E-state index contributed by atoms with van der Waals surface area (Å²) in [4.78, 5) is 25.2. The molecule has 132 valence electrons. The molecule has 0 spiro atoms. The number of rotatable bonds is 7. The summed E-state index contributed by atoms with van der Waals surface area (Å²) in [5.41, 5.74) is 0.714. The van der Waals surface area contributed by atoms with E-state index in [1.807, 2.05) is 0 Å². The van der Waals surface area contributed by atoms with Gasteiger partial charge in [-0.2, -0.15) is 0 Å². The number of thiocarbonyl (C=S) groups is 1. The van der Waals surface area contributed by atoms with Gasteiger partial charge in [0.15, 0.2) is 17.6 Å². The lowest BCUT2D eigenvalue weighted by molar-refractivity contribution is -0.144. The minimum Gasteiger partial charge on any atom is -0.493 e. The van der Waals surface area contributed by atoms with Crippen molar-refractivity contribution in [3.05, 3.63) is 41.3 Å². The Morgan fingerprint density at radius 3 is 2.80 bits per heavy atom. The summed E-state index contributed by atoms with van der Waals surface area (Å²) in [6.07, 6.45) is 2.32. The first kappa shape index (κ1) is 19.0. The number of hydrogen-bond donors (Lipinski definition) is 1. The summed E-state index contributed by atoms with van der Waals surface area (Å²) in [6.45, 7) is 5.41. The van der Waals surface area contributed by atoms with Gasteiger partial charge in [-0.1, -0.05) is 36.1 Å². The first-order valence-corrected chi connectivity index (χ1v) is 8.53. The van der Waals surface area contributed by atoms with Crippen molar-refractivity contribution in [1.29, 1.82) is 0 Å². The molecule has 2 rings (SSSR count). The van der Waals surface area contributed by atoms with Crippen LogP contribution in [0.3, 0.4) is 0 Å². The maximum Gasteiger partial charge on any atom is 0.344 e. The second-order valence-electron chi connectivity index (χ2n) is 5.09. The molecule has 0 aliphatic carbocycles. The Kier molecular flexibility index (Phi) is 6.22. The third-order valence-electron chi connectivity index (χ3n) is 3.32. The Bertz CT molecular complexity index is 759. The van der Waals surface area contributed by atoms with E-state index in [9.17, 15) is 9.59 Å². The average Bonchev–Trinajstić information content (AvgIpc) is 2.83. The molecule has 1 aliphatic rings. The first-order valence-electron chi connectivity index (χ1n) is 7.31. The highest BCUT2D eigenvalue weighted by atomic mass is 32.2. The van der Waals surface area contributed by atoms with E-state index in [-0.39, 0.29) is 5.91 Å². The largest absolute Gasteiger partial charge is 0.493 e. The van der Waals surface area contributed by atoms with E-state index < -0.39 is 12.1 Å². The van der Waals surface area contributed by atoms with E-state index in [0.29, 0.717) is 32.8 Å². The van der Waals surface area contributed by atoms with E-state index >= 15 is 0 Å². The highest BCUT2D eigenvalue weighted by molar-refractivity contribution is 8.26. The van der Waals surface area contributed by atoms with Crippen LogP contribution in [0.5, 0.6) is 11.5 Å². The van der Waals surface area contributed by atoms with Crippen LogP contribution in [-0.2, 0) is 9.59 Å². The predicted octanol–water partition coefficient (Wildman–Crippen LogP) is 2.93. The molecule has 1 aromatic carbocycles. The van der Waals surface area contributed by atoms with Crippen LogP contribution < -0.4 is 9.47 Å². The molecule has 8 heteroatoms. The minimum absolute atomic E-state index is 0.173. The Morgan fingerprint density at radius 1 is 1.48 bits per heavy atom. The molecule has 0 unspecified atom stereocenters. The maximum absolute atomic E-state index is 12.3. The fourth-order valence-corrected chi connectivity index (χ4v) is 3.33. The van der Waals surface area contributed by atoms with E-state index in [4.69, 9.17) is 26.8 Å². The van der Waals surface area contributed by atoms with Gasteiger partial charge in [-0.15, -0.1) is 6.58 Å². The fraction of sp³-hybridized carbons (Fsp3) is 0.235. The Morgan fingerprint density at radius 2 is 2.20 bits per heavy atom. The van der Waals surface area contributed by atoms with Crippen molar-refractivity contribution >= 4 is 46.3 Å². The quantitative estimate of drug-likeness (QED) is 0.443. The van der Waals surface area contributed by atoms with Gasteiger partial charge in [0.05, 0.1) is 12.0 Å². The molecule has 1 heterocycles. The molecule has 1 N–H and O–H groups in total. The van der Waals surface area contributed by atoms with E-state index in [1.54, 1.807) is 30.4 Å². The number of carboxylic acid groups (broad SMARTS) is 1. The summed E-state index contributed by atoms with van der Waals surface area (Å²) in [7, 11) is 1.46. The molecular formula is C17H17NO5S2. The van der Waals surface area contributed by atoms with Crippen molar-refractivity contribution in [1.82, 2.24) is 4.90 Å². The number of aliphatic carboxylic acids is 1. The van der Waals surface area contributed by atoms with E-state index in [1.165, 1.54) is 30.7 Å².